The van der Waals surface area contributed by atoms with E-state index in [0.717, 1.165) is 18.4 Å². The molecule has 0 aromatic heterocycles. The fraction of sp³-hybridized carbons (Fsp3) is 0.364. The van der Waals surface area contributed by atoms with Crippen LogP contribution in [0, 0.1) is 10.1 Å². The van der Waals surface area contributed by atoms with Gasteiger partial charge in [0.05, 0.1) is 4.92 Å². The molecule has 1 saturated carbocycles. The van der Waals surface area contributed by atoms with Gasteiger partial charge in [-0.25, -0.2) is 5.06 Å². The molecule has 1 amide bonds. The topological polar surface area (TPSA) is 72.7 Å². The molecular weight excluding hydrogens is 256 g/mol. The van der Waals surface area contributed by atoms with Crippen molar-refractivity contribution >= 4 is 24.7 Å². The molecule has 1 fully saturated rings. The monoisotopic (exact) mass is 268 g/mol. The number of hydrogen-bond donors (Lipinski definition) is 1. The van der Waals surface area contributed by atoms with Crippen molar-refractivity contribution in [3.8, 4) is 0 Å². The van der Waals surface area contributed by atoms with Crippen LogP contribution in [0.4, 0.5) is 5.69 Å². The quantitative estimate of drug-likeness (QED) is 0.281. The summed E-state index contributed by atoms with van der Waals surface area (Å²) in [5.41, 5.74) is 0.781. The van der Waals surface area contributed by atoms with E-state index in [1.54, 1.807) is 12.1 Å². The normalized spacial score (nSPS) is 16.1. The minimum atomic E-state index is -0.484. The summed E-state index contributed by atoms with van der Waals surface area (Å²) in [5, 5.41) is 11.7. The summed E-state index contributed by atoms with van der Waals surface area (Å²) in [5.74, 6) is 0. The molecule has 0 bridgehead atoms. The number of thiol groups is 1. The molecule has 7 heteroatoms. The van der Waals surface area contributed by atoms with Crippen LogP contribution in [0.3, 0.4) is 0 Å². The van der Waals surface area contributed by atoms with Crippen LogP contribution < -0.4 is 0 Å². The van der Waals surface area contributed by atoms with Gasteiger partial charge in [-0.1, -0.05) is 0 Å². The summed E-state index contributed by atoms with van der Waals surface area (Å²) in [6.45, 7) is 0.180. The summed E-state index contributed by atoms with van der Waals surface area (Å²) < 4.78 is 0. The van der Waals surface area contributed by atoms with Crippen LogP contribution in [0.5, 0.6) is 0 Å². The van der Waals surface area contributed by atoms with E-state index in [2.05, 4.69) is 12.6 Å². The van der Waals surface area contributed by atoms with Crippen LogP contribution >= 0.6 is 12.6 Å². The maximum absolute atomic E-state index is 10.8. The predicted octanol–water partition coefficient (Wildman–Crippen LogP) is 1.90. The first-order chi connectivity index (χ1) is 8.55. The molecule has 6 nitrogen and oxygen atoms in total. The lowest BCUT2D eigenvalue weighted by Gasteiger charge is -2.22. The number of nitrogens with zero attached hydrogens (tertiary/aromatic N) is 2. The van der Waals surface area contributed by atoms with Gasteiger partial charge in [-0.15, -0.1) is 12.6 Å². The van der Waals surface area contributed by atoms with E-state index in [0.29, 0.717) is 6.41 Å². The molecule has 0 heterocycles. The zero-order valence-electron chi connectivity index (χ0n) is 9.48. The average Bonchev–Trinajstić information content (AvgIpc) is 3.09. The van der Waals surface area contributed by atoms with Gasteiger partial charge in [0.15, 0.2) is 0 Å². The molecule has 1 aromatic rings. The lowest BCUT2D eigenvalue weighted by molar-refractivity contribution is -0.384. The van der Waals surface area contributed by atoms with Gasteiger partial charge in [0, 0.05) is 12.1 Å². The van der Waals surface area contributed by atoms with Gasteiger partial charge in [0.2, 0.25) is 6.41 Å². The Kier molecular flexibility index (Phi) is 3.53. The number of benzene rings is 1. The van der Waals surface area contributed by atoms with Crippen LogP contribution in [0.25, 0.3) is 0 Å². The maximum atomic E-state index is 10.8. The highest BCUT2D eigenvalue weighted by Gasteiger charge is 2.45. The van der Waals surface area contributed by atoms with Gasteiger partial charge in [-0.3, -0.25) is 19.7 Å². The molecule has 1 aliphatic carbocycles. The summed E-state index contributed by atoms with van der Waals surface area (Å²) in [6, 6.07) is 5.99. The number of hydrogen-bond acceptors (Lipinski definition) is 5. The van der Waals surface area contributed by atoms with Gasteiger partial charge in [-0.05, 0) is 30.5 Å². The van der Waals surface area contributed by atoms with Crippen LogP contribution in [0.2, 0.25) is 0 Å². The van der Waals surface area contributed by atoms with Crippen LogP contribution in [0.15, 0.2) is 24.3 Å². The Morgan fingerprint density at radius 3 is 2.50 bits per heavy atom. The average molecular weight is 268 g/mol. The highest BCUT2D eigenvalue weighted by atomic mass is 32.1. The Hall–Kier alpha value is -1.60. The van der Waals surface area contributed by atoms with Crippen LogP contribution in [-0.2, 0) is 16.2 Å². The number of amides is 1. The Balaban J connectivity index is 1.93. The molecule has 0 aliphatic heterocycles. The van der Waals surface area contributed by atoms with E-state index >= 15 is 0 Å². The van der Waals surface area contributed by atoms with Gasteiger partial charge in [0.1, 0.15) is 11.5 Å². The molecule has 0 N–H and O–H groups in total. The standard InChI is InChI=1S/C11H12N2O4S/c14-8-12(11(18)5-6-11)17-7-9-1-3-10(4-2-9)13(15)16/h1-4,8,18H,5-7H2. The van der Waals surface area contributed by atoms with Crippen molar-refractivity contribution in [1.29, 1.82) is 0 Å². The smallest absolute Gasteiger partial charge is 0.269 e. The summed E-state index contributed by atoms with van der Waals surface area (Å²) in [7, 11) is 0. The number of hydroxylamine groups is 2. The Labute approximate surface area is 109 Å². The lowest BCUT2D eigenvalue weighted by atomic mass is 10.2. The molecular formula is C11H12N2O4S. The fourth-order valence-electron chi connectivity index (χ4n) is 1.44. The van der Waals surface area contributed by atoms with E-state index in [1.807, 2.05) is 0 Å². The number of nitro groups is 1. The van der Waals surface area contributed by atoms with Gasteiger partial charge >= 0.3 is 0 Å². The molecule has 2 rings (SSSR count). The Morgan fingerprint density at radius 1 is 1.44 bits per heavy atom. The molecule has 0 atom stereocenters. The number of rotatable bonds is 6. The second-order valence-electron chi connectivity index (χ2n) is 4.11. The zero-order chi connectivity index (χ0) is 13.2. The first kappa shape index (κ1) is 12.8. The number of carbonyl (C=O) groups excluding carboxylic acids is 1. The van der Waals surface area contributed by atoms with Gasteiger partial charge in [0.25, 0.3) is 5.69 Å². The van der Waals surface area contributed by atoms with Crippen molar-refractivity contribution in [3.05, 3.63) is 39.9 Å². The summed E-state index contributed by atoms with van der Waals surface area (Å²) in [4.78, 5) is 25.7. The minimum absolute atomic E-state index is 0.0267. The molecule has 1 aliphatic rings. The maximum Gasteiger partial charge on any atom is 0.269 e. The van der Waals surface area contributed by atoms with E-state index in [4.69, 9.17) is 4.84 Å². The molecule has 0 spiro atoms. The minimum Gasteiger partial charge on any atom is -0.276 e. The van der Waals surface area contributed by atoms with Crippen LogP contribution in [-0.4, -0.2) is 21.3 Å². The third kappa shape index (κ3) is 2.80. The Morgan fingerprint density at radius 2 is 2.06 bits per heavy atom. The highest BCUT2D eigenvalue weighted by Crippen LogP contribution is 2.44. The largest absolute Gasteiger partial charge is 0.276 e. The third-order valence-corrected chi connectivity index (χ3v) is 3.36. The summed E-state index contributed by atoms with van der Waals surface area (Å²) in [6.07, 6.45) is 2.20. The molecule has 1 aromatic carbocycles. The Bertz CT molecular complexity index is 459. The van der Waals surface area contributed by atoms with Crippen molar-refractivity contribution in [2.24, 2.45) is 0 Å². The van der Waals surface area contributed by atoms with E-state index in [9.17, 15) is 14.9 Å². The molecule has 0 unspecified atom stereocenters. The molecule has 18 heavy (non-hydrogen) atoms. The highest BCUT2D eigenvalue weighted by molar-refractivity contribution is 7.82. The van der Waals surface area contributed by atoms with Crippen LogP contribution in [0.1, 0.15) is 18.4 Å². The van der Waals surface area contributed by atoms with Crippen molar-refractivity contribution in [1.82, 2.24) is 5.06 Å². The predicted molar refractivity (Wildman–Crippen MR) is 66.7 cm³/mol. The summed E-state index contributed by atoms with van der Waals surface area (Å²) >= 11 is 4.31. The van der Waals surface area contributed by atoms with E-state index < -0.39 is 9.79 Å². The number of non-ortho nitro benzene ring substituents is 1. The van der Waals surface area contributed by atoms with Gasteiger partial charge in [-0.2, -0.15) is 0 Å². The SMILES string of the molecule is O=CN(OCc1ccc([N+](=O)[O-])cc1)C1(S)CC1. The van der Waals surface area contributed by atoms with Crippen molar-refractivity contribution < 1.29 is 14.6 Å². The third-order valence-electron chi connectivity index (χ3n) is 2.72. The fourth-order valence-corrected chi connectivity index (χ4v) is 1.66. The zero-order valence-corrected chi connectivity index (χ0v) is 10.4. The van der Waals surface area contributed by atoms with Crippen molar-refractivity contribution in [2.45, 2.75) is 24.3 Å². The van der Waals surface area contributed by atoms with Crippen molar-refractivity contribution in [3.63, 3.8) is 0 Å². The lowest BCUT2D eigenvalue weighted by Crippen LogP contribution is -2.31. The molecule has 0 saturated heterocycles. The molecule has 96 valence electrons. The van der Waals surface area contributed by atoms with E-state index in [-0.39, 0.29) is 12.3 Å². The van der Waals surface area contributed by atoms with Gasteiger partial charge < -0.3 is 0 Å². The number of carbonyl (C=O) groups is 1. The first-order valence-electron chi connectivity index (χ1n) is 5.38. The second kappa shape index (κ2) is 4.95. The van der Waals surface area contributed by atoms with E-state index in [1.165, 1.54) is 17.2 Å². The number of nitro benzene ring substituents is 1. The van der Waals surface area contributed by atoms with Crippen molar-refractivity contribution in [2.75, 3.05) is 0 Å². The first-order valence-corrected chi connectivity index (χ1v) is 5.83. The second-order valence-corrected chi connectivity index (χ2v) is 4.94. The molecule has 0 radical (unpaired) electrons.